The molecule has 4 atom stereocenters. The van der Waals surface area contributed by atoms with Crippen molar-refractivity contribution in [3.8, 4) is 0 Å². The van der Waals surface area contributed by atoms with Gasteiger partial charge in [0, 0.05) is 6.42 Å². The predicted octanol–water partition coefficient (Wildman–Crippen LogP) is 3.69. The normalized spacial score (nSPS) is 16.7. The molecule has 11 nitrogen and oxygen atoms in total. The summed E-state index contributed by atoms with van der Waals surface area (Å²) < 4.78 is 16.2. The van der Waals surface area contributed by atoms with Gasteiger partial charge < -0.3 is 29.7 Å². The summed E-state index contributed by atoms with van der Waals surface area (Å²) >= 11 is 0. The van der Waals surface area contributed by atoms with Gasteiger partial charge in [-0.1, -0.05) is 91.0 Å². The Labute approximate surface area is 268 Å². The Kier molecular flexibility index (Phi) is 11.1. The van der Waals surface area contributed by atoms with Crippen molar-refractivity contribution in [3.63, 3.8) is 0 Å². The van der Waals surface area contributed by atoms with E-state index in [1.165, 1.54) is 6.92 Å². The first kappa shape index (κ1) is 33.7. The Morgan fingerprint density at radius 1 is 0.696 bits per heavy atom. The van der Waals surface area contributed by atoms with Crippen molar-refractivity contribution in [2.24, 2.45) is 0 Å². The third-order valence-corrected chi connectivity index (χ3v) is 7.01. The topological polar surface area (TPSA) is 140 Å². The summed E-state index contributed by atoms with van der Waals surface area (Å²) in [6.07, 6.45) is -0.671. The Morgan fingerprint density at radius 3 is 1.57 bits per heavy atom. The van der Waals surface area contributed by atoms with Crippen LogP contribution in [0.1, 0.15) is 44.4 Å². The zero-order valence-corrected chi connectivity index (χ0v) is 26.3. The van der Waals surface area contributed by atoms with Gasteiger partial charge in [0.1, 0.15) is 30.9 Å². The van der Waals surface area contributed by atoms with E-state index in [-0.39, 0.29) is 19.6 Å². The Bertz CT molecular complexity index is 1450. The number of alkyl carbamates (subject to hydrolysis) is 1. The Morgan fingerprint density at radius 2 is 1.13 bits per heavy atom. The molecule has 1 aliphatic heterocycles. The highest BCUT2D eigenvalue weighted by molar-refractivity contribution is 6.03. The molecule has 0 spiro atoms. The lowest BCUT2D eigenvalue weighted by molar-refractivity contribution is -0.148. The van der Waals surface area contributed by atoms with Crippen LogP contribution in [0.25, 0.3) is 0 Å². The Balaban J connectivity index is 1.45. The number of ether oxygens (including phenoxy) is 3. The molecule has 11 heteroatoms. The van der Waals surface area contributed by atoms with Crippen LogP contribution in [0.2, 0.25) is 0 Å². The van der Waals surface area contributed by atoms with E-state index in [1.54, 1.807) is 93.6 Å². The number of carbonyl (C=O) groups is 5. The number of benzene rings is 3. The van der Waals surface area contributed by atoms with E-state index in [0.717, 1.165) is 21.6 Å². The monoisotopic (exact) mass is 629 g/mol. The molecule has 1 saturated heterocycles. The zero-order chi connectivity index (χ0) is 33.3. The highest BCUT2D eigenvalue weighted by Gasteiger charge is 2.62. The maximum Gasteiger partial charge on any atom is 0.408 e. The average Bonchev–Trinajstić information content (AvgIpc) is 3.78. The molecular weight excluding hydrogens is 590 g/mol. The number of carbonyl (C=O) groups excluding carboxylic acids is 5. The third kappa shape index (κ3) is 9.65. The van der Waals surface area contributed by atoms with E-state index in [4.69, 9.17) is 14.2 Å². The van der Waals surface area contributed by atoms with Crippen molar-refractivity contribution < 1.29 is 38.2 Å². The van der Waals surface area contributed by atoms with Gasteiger partial charge in [0.2, 0.25) is 11.8 Å². The summed E-state index contributed by atoms with van der Waals surface area (Å²) in [6.45, 7) is 6.44. The Hall–Kier alpha value is -5.19. The predicted molar refractivity (Wildman–Crippen MR) is 168 cm³/mol. The first-order valence-corrected chi connectivity index (χ1v) is 15.0. The summed E-state index contributed by atoms with van der Waals surface area (Å²) in [6, 6.07) is 22.3. The molecule has 3 aromatic carbocycles. The summed E-state index contributed by atoms with van der Waals surface area (Å²) in [5.74, 6) is -2.88. The molecule has 4 rings (SSSR count). The lowest BCUT2D eigenvalue weighted by atomic mass is 10.0. The molecule has 0 radical (unpaired) electrons. The maximum absolute atomic E-state index is 13.6. The molecule has 0 unspecified atom stereocenters. The fourth-order valence-electron chi connectivity index (χ4n) is 4.73. The van der Waals surface area contributed by atoms with Crippen molar-refractivity contribution >= 4 is 29.8 Å². The SMILES string of the molecule is C[C@@H](NC(=O)[C@H](Cc1ccccc1)NC(=O)OC(C)(C)C)C(=O)N1[C@H](C(=O)OCc2ccccc2)[C@H]1C(=O)OCc1ccccc1. The van der Waals surface area contributed by atoms with Gasteiger partial charge in [0.05, 0.1) is 0 Å². The minimum absolute atomic E-state index is 0.0478. The number of nitrogens with one attached hydrogen (secondary N) is 2. The van der Waals surface area contributed by atoms with Crippen LogP contribution in [-0.2, 0) is 53.0 Å². The standard InChI is InChI=1S/C35H39N3O8/c1-23(36-30(39)27(20-24-14-8-5-9-15-24)37-34(43)46-35(2,3)4)31(40)38-28(32(41)44-21-25-16-10-6-11-17-25)29(38)33(42)45-22-26-18-12-7-13-19-26/h5-19,23,27-29H,20-22H2,1-4H3,(H,36,39)(H,37,43)/t23-,27+,28+,29+/m1/s1. The number of nitrogens with zero attached hydrogens (tertiary/aromatic N) is 1. The molecule has 1 aliphatic rings. The molecule has 0 bridgehead atoms. The minimum Gasteiger partial charge on any atom is -0.459 e. The van der Waals surface area contributed by atoms with Crippen LogP contribution in [-0.4, -0.2) is 64.5 Å². The van der Waals surface area contributed by atoms with Crippen LogP contribution in [0.4, 0.5) is 4.79 Å². The van der Waals surface area contributed by atoms with Gasteiger partial charge >= 0.3 is 18.0 Å². The fraction of sp³-hybridized carbons (Fsp3) is 0.343. The van der Waals surface area contributed by atoms with Crippen molar-refractivity contribution in [2.45, 2.75) is 77.1 Å². The van der Waals surface area contributed by atoms with Gasteiger partial charge in [-0.3, -0.25) is 9.59 Å². The number of rotatable bonds is 12. The van der Waals surface area contributed by atoms with Gasteiger partial charge in [-0.25, -0.2) is 14.4 Å². The number of amides is 3. The third-order valence-electron chi connectivity index (χ3n) is 7.01. The van der Waals surface area contributed by atoms with Crippen LogP contribution < -0.4 is 10.6 Å². The summed E-state index contributed by atoms with van der Waals surface area (Å²) in [7, 11) is 0. The number of esters is 2. The molecule has 1 heterocycles. The van der Waals surface area contributed by atoms with Gasteiger partial charge in [-0.15, -0.1) is 0 Å². The van der Waals surface area contributed by atoms with Crippen LogP contribution in [0.5, 0.6) is 0 Å². The molecule has 242 valence electrons. The summed E-state index contributed by atoms with van der Waals surface area (Å²) in [5.41, 5.74) is 1.45. The second kappa shape index (κ2) is 15.2. The smallest absolute Gasteiger partial charge is 0.408 e. The van der Waals surface area contributed by atoms with E-state index >= 15 is 0 Å². The van der Waals surface area contributed by atoms with Crippen molar-refractivity contribution in [2.75, 3.05) is 0 Å². The largest absolute Gasteiger partial charge is 0.459 e. The lowest BCUT2D eigenvalue weighted by Crippen LogP contribution is -2.53. The molecule has 0 aliphatic carbocycles. The van der Waals surface area contributed by atoms with Gasteiger partial charge in [-0.2, -0.15) is 0 Å². The highest BCUT2D eigenvalue weighted by atomic mass is 16.6. The van der Waals surface area contributed by atoms with Gasteiger partial charge in [0.25, 0.3) is 0 Å². The van der Waals surface area contributed by atoms with Crippen molar-refractivity contribution in [1.29, 1.82) is 0 Å². The minimum atomic E-state index is -1.22. The molecule has 2 N–H and O–H groups in total. The van der Waals surface area contributed by atoms with E-state index < -0.39 is 59.6 Å². The molecule has 0 aromatic heterocycles. The van der Waals surface area contributed by atoms with Crippen molar-refractivity contribution in [3.05, 3.63) is 108 Å². The quantitative estimate of drug-likeness (QED) is 0.176. The fourth-order valence-corrected chi connectivity index (χ4v) is 4.73. The van der Waals surface area contributed by atoms with E-state index in [2.05, 4.69) is 10.6 Å². The average molecular weight is 630 g/mol. The second-order valence-corrected chi connectivity index (χ2v) is 11.9. The number of hydrogen-bond acceptors (Lipinski definition) is 8. The van der Waals surface area contributed by atoms with E-state index in [1.807, 2.05) is 18.2 Å². The van der Waals surface area contributed by atoms with Gasteiger partial charge in [0.15, 0.2) is 12.1 Å². The summed E-state index contributed by atoms with van der Waals surface area (Å²) in [4.78, 5) is 66.8. The van der Waals surface area contributed by atoms with E-state index in [9.17, 15) is 24.0 Å². The van der Waals surface area contributed by atoms with Gasteiger partial charge in [-0.05, 0) is 44.4 Å². The number of hydrogen-bond donors (Lipinski definition) is 2. The molecular formula is C35H39N3O8. The zero-order valence-electron chi connectivity index (χ0n) is 26.3. The van der Waals surface area contributed by atoms with Crippen molar-refractivity contribution in [1.82, 2.24) is 15.5 Å². The lowest BCUT2D eigenvalue weighted by Gasteiger charge is -2.24. The molecule has 46 heavy (non-hydrogen) atoms. The second-order valence-electron chi connectivity index (χ2n) is 11.9. The molecule has 3 aromatic rings. The maximum atomic E-state index is 13.6. The van der Waals surface area contributed by atoms with Crippen LogP contribution in [0, 0.1) is 0 Å². The molecule has 3 amide bonds. The first-order valence-electron chi connectivity index (χ1n) is 15.0. The highest BCUT2D eigenvalue weighted by Crippen LogP contribution is 2.32. The van der Waals surface area contributed by atoms with Crippen LogP contribution in [0.3, 0.4) is 0 Å². The molecule has 1 fully saturated rings. The summed E-state index contributed by atoms with van der Waals surface area (Å²) in [5, 5.41) is 5.20. The van der Waals surface area contributed by atoms with Crippen LogP contribution >= 0.6 is 0 Å². The molecule has 0 saturated carbocycles. The van der Waals surface area contributed by atoms with E-state index in [0.29, 0.717) is 0 Å². The first-order chi connectivity index (χ1) is 21.9. The van der Waals surface area contributed by atoms with Crippen LogP contribution in [0.15, 0.2) is 91.0 Å².